The minimum atomic E-state index is -1.67. The lowest BCUT2D eigenvalue weighted by Gasteiger charge is -2.28. The zero-order valence-corrected chi connectivity index (χ0v) is 32.9. The maximum absolute atomic E-state index is 14.0. The number of aliphatic hydroxyl groups excluding tert-OH is 1. The van der Waals surface area contributed by atoms with Crippen molar-refractivity contribution >= 4 is 41.5 Å². The topological polar surface area (TPSA) is 314 Å². The van der Waals surface area contributed by atoms with E-state index in [0.717, 1.165) is 5.56 Å². The summed E-state index contributed by atoms with van der Waals surface area (Å²) in [7, 11) is 0. The number of nitrogens with two attached hydrogens (primary N) is 3. The summed E-state index contributed by atoms with van der Waals surface area (Å²) in [5.41, 5.74) is 18.4. The number of carbonyl (C=O) groups excluding carboxylic acids is 5. The third kappa shape index (κ3) is 17.7. The Morgan fingerprint density at radius 3 is 1.60 bits per heavy atom. The van der Waals surface area contributed by atoms with E-state index in [0.29, 0.717) is 5.56 Å². The van der Waals surface area contributed by atoms with E-state index in [4.69, 9.17) is 17.2 Å². The van der Waals surface area contributed by atoms with Gasteiger partial charge in [-0.15, -0.1) is 0 Å². The highest BCUT2D eigenvalue weighted by molar-refractivity contribution is 5.96. The van der Waals surface area contributed by atoms with Crippen molar-refractivity contribution in [3.63, 3.8) is 0 Å². The first-order valence-corrected chi connectivity index (χ1v) is 18.9. The Balaban J connectivity index is 2.36. The summed E-state index contributed by atoms with van der Waals surface area (Å²) in [5.74, 6) is -5.53. The molecule has 0 aliphatic carbocycles. The number of aliphatic hydroxyl groups is 1. The predicted molar refractivity (Wildman–Crippen MR) is 213 cm³/mol. The first-order valence-electron chi connectivity index (χ1n) is 18.9. The van der Waals surface area contributed by atoms with E-state index in [1.807, 2.05) is 58.0 Å². The molecule has 314 valence electrons. The van der Waals surface area contributed by atoms with Gasteiger partial charge in [-0.05, 0) is 67.2 Å². The fourth-order valence-electron chi connectivity index (χ4n) is 5.77. The van der Waals surface area contributed by atoms with E-state index in [1.54, 1.807) is 0 Å². The van der Waals surface area contributed by atoms with Gasteiger partial charge in [0.25, 0.3) is 0 Å². The molecule has 18 nitrogen and oxygen atoms in total. The third-order valence-corrected chi connectivity index (χ3v) is 8.70. The van der Waals surface area contributed by atoms with Gasteiger partial charge < -0.3 is 59.1 Å². The van der Waals surface area contributed by atoms with Crippen LogP contribution in [0.4, 0.5) is 0 Å². The maximum Gasteiger partial charge on any atom is 0.328 e. The van der Waals surface area contributed by atoms with Gasteiger partial charge in [0.05, 0.1) is 12.6 Å². The SMILES string of the molecule is CC(C)C[C@H](NC(=O)[C@H](CC(C)C)NC(=O)[C@@H](N)Cc1ccccc1)C(=O)N[C@@H](CCCN=C(N)N)C(=O)N[C@@H](Cc1ccc(O)cc1)C(=O)N[C@@H](CO)C(=O)O. The van der Waals surface area contributed by atoms with E-state index >= 15 is 0 Å². The molecule has 0 bridgehead atoms. The molecule has 5 amide bonds. The van der Waals surface area contributed by atoms with Crippen molar-refractivity contribution in [3.05, 3.63) is 65.7 Å². The number of amides is 5. The molecule has 0 fully saturated rings. The largest absolute Gasteiger partial charge is 0.508 e. The number of aliphatic carboxylic acids is 1. The number of carboxylic acids is 1. The van der Waals surface area contributed by atoms with E-state index in [1.165, 1.54) is 24.3 Å². The van der Waals surface area contributed by atoms with Crippen molar-refractivity contribution in [3.8, 4) is 5.75 Å². The highest BCUT2D eigenvalue weighted by Gasteiger charge is 2.33. The van der Waals surface area contributed by atoms with Crippen LogP contribution < -0.4 is 43.8 Å². The van der Waals surface area contributed by atoms with Crippen molar-refractivity contribution in [2.24, 2.45) is 34.0 Å². The lowest BCUT2D eigenvalue weighted by molar-refractivity contribution is -0.143. The van der Waals surface area contributed by atoms with Crippen LogP contribution in [-0.4, -0.2) is 106 Å². The van der Waals surface area contributed by atoms with E-state index in [-0.39, 0.29) is 68.6 Å². The summed E-state index contributed by atoms with van der Waals surface area (Å²) in [6, 6.07) is 7.41. The second-order valence-corrected chi connectivity index (χ2v) is 14.7. The quantitative estimate of drug-likeness (QED) is 0.0352. The number of benzene rings is 2. The third-order valence-electron chi connectivity index (χ3n) is 8.70. The number of hydrogen-bond donors (Lipinski definition) is 11. The van der Waals surface area contributed by atoms with Gasteiger partial charge in [0.2, 0.25) is 29.5 Å². The number of rotatable bonds is 24. The Hall–Kier alpha value is -5.75. The molecule has 0 radical (unpaired) electrons. The fourth-order valence-corrected chi connectivity index (χ4v) is 5.77. The molecule has 14 N–H and O–H groups in total. The molecular formula is C39H59N9O9. The molecule has 6 atom stereocenters. The Morgan fingerprint density at radius 2 is 1.09 bits per heavy atom. The second-order valence-electron chi connectivity index (χ2n) is 14.7. The molecule has 0 unspecified atom stereocenters. The summed E-state index contributed by atoms with van der Waals surface area (Å²) < 4.78 is 0. The van der Waals surface area contributed by atoms with E-state index in [9.17, 15) is 44.1 Å². The molecule has 0 saturated carbocycles. The number of carboxylic acid groups (broad SMARTS) is 1. The van der Waals surface area contributed by atoms with Crippen molar-refractivity contribution in [2.45, 2.75) is 102 Å². The van der Waals surface area contributed by atoms with Crippen LogP contribution in [0.15, 0.2) is 59.6 Å². The highest BCUT2D eigenvalue weighted by Crippen LogP contribution is 2.14. The number of aromatic hydroxyl groups is 1. The van der Waals surface area contributed by atoms with Crippen LogP contribution in [0.25, 0.3) is 0 Å². The highest BCUT2D eigenvalue weighted by atomic mass is 16.4. The summed E-state index contributed by atoms with van der Waals surface area (Å²) >= 11 is 0. The Bertz CT molecular complexity index is 1650. The van der Waals surface area contributed by atoms with Gasteiger partial charge >= 0.3 is 5.97 Å². The number of phenolic OH excluding ortho intramolecular Hbond substituents is 1. The summed E-state index contributed by atoms with van der Waals surface area (Å²) in [6.45, 7) is 6.60. The van der Waals surface area contributed by atoms with Gasteiger partial charge in [-0.2, -0.15) is 0 Å². The van der Waals surface area contributed by atoms with Gasteiger partial charge in [-0.1, -0.05) is 70.2 Å². The van der Waals surface area contributed by atoms with Gasteiger partial charge in [0, 0.05) is 13.0 Å². The van der Waals surface area contributed by atoms with Gasteiger partial charge in [0.15, 0.2) is 5.96 Å². The van der Waals surface area contributed by atoms with Crippen LogP contribution >= 0.6 is 0 Å². The smallest absolute Gasteiger partial charge is 0.328 e. The molecule has 0 aliphatic rings. The van der Waals surface area contributed by atoms with Gasteiger partial charge in [0.1, 0.15) is 36.0 Å². The Labute approximate surface area is 332 Å². The monoisotopic (exact) mass is 797 g/mol. The number of guanidine groups is 1. The molecular weight excluding hydrogens is 738 g/mol. The van der Waals surface area contributed by atoms with Crippen molar-refractivity contribution in [1.82, 2.24) is 26.6 Å². The number of hydrogen-bond acceptors (Lipinski definition) is 10. The van der Waals surface area contributed by atoms with Crippen LogP contribution in [0.2, 0.25) is 0 Å². The van der Waals surface area contributed by atoms with Crippen LogP contribution in [-0.2, 0) is 41.6 Å². The Morgan fingerprint density at radius 1 is 0.632 bits per heavy atom. The molecule has 0 saturated heterocycles. The zero-order valence-electron chi connectivity index (χ0n) is 32.9. The first-order chi connectivity index (χ1) is 26.9. The number of phenols is 1. The molecule has 57 heavy (non-hydrogen) atoms. The molecule has 0 spiro atoms. The van der Waals surface area contributed by atoms with Crippen LogP contribution in [0.3, 0.4) is 0 Å². The molecule has 2 aromatic rings. The van der Waals surface area contributed by atoms with Crippen LogP contribution in [0, 0.1) is 11.8 Å². The lowest BCUT2D eigenvalue weighted by atomic mass is 9.99. The number of nitrogens with zero attached hydrogens (tertiary/aromatic N) is 1. The minimum Gasteiger partial charge on any atom is -0.508 e. The number of nitrogens with one attached hydrogen (secondary N) is 5. The minimum absolute atomic E-state index is 0.0238. The van der Waals surface area contributed by atoms with Crippen LogP contribution in [0.1, 0.15) is 64.5 Å². The van der Waals surface area contributed by atoms with E-state index < -0.39 is 78.4 Å². The van der Waals surface area contributed by atoms with Crippen molar-refractivity contribution in [2.75, 3.05) is 13.2 Å². The zero-order chi connectivity index (χ0) is 42.7. The molecule has 2 rings (SSSR count). The number of carbonyl (C=O) groups is 6. The average molecular weight is 798 g/mol. The molecule has 18 heteroatoms. The van der Waals surface area contributed by atoms with Gasteiger partial charge in [-0.25, -0.2) is 4.79 Å². The lowest BCUT2D eigenvalue weighted by Crippen LogP contribution is -2.60. The fraction of sp³-hybridized carbons (Fsp3) is 0.513. The number of aliphatic imine (C=N–C) groups is 1. The average Bonchev–Trinajstić information content (AvgIpc) is 3.14. The summed E-state index contributed by atoms with van der Waals surface area (Å²) in [5, 5.41) is 41.6. The summed E-state index contributed by atoms with van der Waals surface area (Å²) in [6.07, 6.45) is 0.652. The molecule has 0 heterocycles. The predicted octanol–water partition coefficient (Wildman–Crippen LogP) is -0.849. The maximum atomic E-state index is 14.0. The van der Waals surface area contributed by atoms with E-state index in [2.05, 4.69) is 31.6 Å². The Kier molecular flexibility index (Phi) is 20.0. The standard InChI is InChI=1S/C39H59N9O9/c1-22(2)17-29(45-33(51)27(40)19-24-9-6-5-7-10-24)36(54)46-30(18-23(3)4)35(53)44-28(11-8-16-43-39(41)42)34(52)47-31(20-25-12-14-26(50)15-13-25)37(55)48-32(21-49)38(56)57/h5-7,9-10,12-15,22-23,27-32,49-50H,8,11,16-21,40H2,1-4H3,(H,44,53)(H,45,51)(H,46,54)(H,47,52)(H,48,55)(H,56,57)(H4,41,42,43)/t27-,28-,29-,30-,31-,32-/m0/s1. The summed E-state index contributed by atoms with van der Waals surface area (Å²) in [4.78, 5) is 83.7. The van der Waals surface area contributed by atoms with Crippen molar-refractivity contribution in [1.29, 1.82) is 0 Å². The first kappa shape index (κ1) is 47.4. The van der Waals surface area contributed by atoms with Crippen molar-refractivity contribution < 1.29 is 44.1 Å². The molecule has 2 aromatic carbocycles. The second kappa shape index (κ2) is 24.0. The molecule has 0 aromatic heterocycles. The van der Waals surface area contributed by atoms with Crippen LogP contribution in [0.5, 0.6) is 5.75 Å². The van der Waals surface area contributed by atoms with Gasteiger partial charge in [-0.3, -0.25) is 29.0 Å². The molecule has 0 aliphatic heterocycles. The normalized spacial score (nSPS) is 14.2.